The van der Waals surface area contributed by atoms with E-state index in [1.54, 1.807) is 0 Å². The number of carbonyl (C=O) groups is 1. The Kier molecular flexibility index (Phi) is 5.20. The van der Waals surface area contributed by atoms with Gasteiger partial charge in [0.1, 0.15) is 5.25 Å². The van der Waals surface area contributed by atoms with Crippen LogP contribution in [0.5, 0.6) is 0 Å². The Hall–Kier alpha value is -1.04. The van der Waals surface area contributed by atoms with Crippen LogP contribution in [0.2, 0.25) is 0 Å². The zero-order valence-electron chi connectivity index (χ0n) is 15.6. The van der Waals surface area contributed by atoms with Crippen molar-refractivity contribution in [3.8, 4) is 0 Å². The molecule has 3 rings (SSSR count). The van der Waals surface area contributed by atoms with Crippen LogP contribution in [0.3, 0.4) is 0 Å². The highest BCUT2D eigenvalue weighted by Gasteiger charge is 2.40. The Labute approximate surface area is 153 Å². The first-order valence-electron chi connectivity index (χ1n) is 9.33. The van der Waals surface area contributed by atoms with E-state index in [0.29, 0.717) is 31.2 Å². The Morgan fingerprint density at radius 2 is 1.76 bits per heavy atom. The van der Waals surface area contributed by atoms with E-state index >= 15 is 0 Å². The van der Waals surface area contributed by atoms with Gasteiger partial charge >= 0.3 is 0 Å². The molecule has 1 atom stereocenters. The molecule has 0 aromatic heterocycles. The molecule has 1 amide bonds. The third-order valence-corrected chi connectivity index (χ3v) is 7.90. The van der Waals surface area contributed by atoms with Gasteiger partial charge in [0, 0.05) is 18.8 Å². The van der Waals surface area contributed by atoms with Gasteiger partial charge in [-0.2, -0.15) is 10.6 Å². The fourth-order valence-corrected chi connectivity index (χ4v) is 6.14. The fourth-order valence-electron chi connectivity index (χ4n) is 4.25. The molecule has 0 radical (unpaired) electrons. The summed E-state index contributed by atoms with van der Waals surface area (Å²) in [6, 6.07) is 8.67. The number of rotatable bonds is 2. The number of piperidine rings is 1. The van der Waals surface area contributed by atoms with Crippen molar-refractivity contribution >= 4 is 16.5 Å². The van der Waals surface area contributed by atoms with E-state index in [1.807, 2.05) is 4.90 Å². The average molecular weight is 366 g/mol. The minimum Gasteiger partial charge on any atom is -0.341 e. The summed E-state index contributed by atoms with van der Waals surface area (Å²) in [5, 5.41) is -0.564. The SMILES string of the molecule is CC(C)(C)c1ccccc1C1CCN(C(=O)C2CCCS2(O)O)CC1. The molecule has 2 aliphatic heterocycles. The summed E-state index contributed by atoms with van der Waals surface area (Å²) in [5.41, 5.74) is 2.92. The lowest BCUT2D eigenvalue weighted by molar-refractivity contribution is -0.131. The highest BCUT2D eigenvalue weighted by molar-refractivity contribution is 8.25. The number of carbonyl (C=O) groups excluding carboxylic acids is 1. The van der Waals surface area contributed by atoms with Gasteiger partial charge in [-0.15, -0.1) is 0 Å². The summed E-state index contributed by atoms with van der Waals surface area (Å²) in [4.78, 5) is 14.6. The van der Waals surface area contributed by atoms with Crippen LogP contribution in [0.1, 0.15) is 63.5 Å². The topological polar surface area (TPSA) is 60.8 Å². The number of amides is 1. The zero-order valence-corrected chi connectivity index (χ0v) is 16.4. The first-order valence-corrected chi connectivity index (χ1v) is 11.1. The van der Waals surface area contributed by atoms with Crippen molar-refractivity contribution in [1.29, 1.82) is 0 Å². The third-order valence-electron chi connectivity index (χ3n) is 5.66. The smallest absolute Gasteiger partial charge is 0.244 e. The second-order valence-corrected chi connectivity index (χ2v) is 10.9. The monoisotopic (exact) mass is 365 g/mol. The molecular formula is C20H31NO3S. The van der Waals surface area contributed by atoms with Crippen LogP contribution >= 0.6 is 10.6 Å². The summed E-state index contributed by atoms with van der Waals surface area (Å²) in [6.07, 6.45) is 3.26. The molecule has 1 unspecified atom stereocenters. The first kappa shape index (κ1) is 18.7. The summed E-state index contributed by atoms with van der Waals surface area (Å²) in [5.74, 6) is 0.821. The molecule has 25 heavy (non-hydrogen) atoms. The van der Waals surface area contributed by atoms with Crippen molar-refractivity contribution in [3.05, 3.63) is 35.4 Å². The predicted octanol–water partition coefficient (Wildman–Crippen LogP) is 4.60. The van der Waals surface area contributed by atoms with Crippen molar-refractivity contribution < 1.29 is 13.9 Å². The molecule has 2 saturated heterocycles. The van der Waals surface area contributed by atoms with E-state index in [9.17, 15) is 13.9 Å². The first-order chi connectivity index (χ1) is 11.7. The second-order valence-electron chi connectivity index (χ2n) is 8.49. The Morgan fingerprint density at radius 1 is 1.12 bits per heavy atom. The standard InChI is InChI=1S/C20H31NO3S/c1-20(2,3)17-8-5-4-7-16(17)15-10-12-21(13-11-15)19(22)18-9-6-14-25(18,23)24/h4-5,7-8,15,18,23-24H,6,9-14H2,1-3H3. The minimum atomic E-state index is -2.72. The van der Waals surface area contributed by atoms with Gasteiger partial charge < -0.3 is 4.90 Å². The highest BCUT2D eigenvalue weighted by atomic mass is 32.3. The van der Waals surface area contributed by atoms with Crippen LogP contribution in [0.25, 0.3) is 0 Å². The number of hydrogen-bond acceptors (Lipinski definition) is 3. The summed E-state index contributed by atoms with van der Waals surface area (Å²) >= 11 is 0. The van der Waals surface area contributed by atoms with E-state index in [-0.39, 0.29) is 11.3 Å². The molecule has 2 aliphatic rings. The van der Waals surface area contributed by atoms with Gasteiger partial charge in [-0.25, -0.2) is 0 Å². The molecule has 1 aromatic carbocycles. The molecule has 0 aliphatic carbocycles. The van der Waals surface area contributed by atoms with E-state index in [2.05, 4.69) is 45.0 Å². The molecule has 140 valence electrons. The van der Waals surface area contributed by atoms with Crippen molar-refractivity contribution in [2.24, 2.45) is 0 Å². The van der Waals surface area contributed by atoms with Gasteiger partial charge in [-0.3, -0.25) is 13.9 Å². The molecule has 2 heterocycles. The minimum absolute atomic E-state index is 0.0416. The maximum absolute atomic E-state index is 12.7. The predicted molar refractivity (Wildman–Crippen MR) is 104 cm³/mol. The second kappa shape index (κ2) is 6.93. The molecule has 5 heteroatoms. The number of likely N-dealkylation sites (tertiary alicyclic amines) is 1. The summed E-state index contributed by atoms with van der Waals surface area (Å²) in [6.45, 7) is 8.17. The Bertz CT molecular complexity index is 630. The maximum atomic E-state index is 12.7. The van der Waals surface area contributed by atoms with Gasteiger partial charge in [-0.05, 0) is 48.1 Å². The molecule has 0 saturated carbocycles. The maximum Gasteiger partial charge on any atom is 0.244 e. The third kappa shape index (κ3) is 3.88. The molecule has 0 spiro atoms. The van der Waals surface area contributed by atoms with E-state index in [4.69, 9.17) is 0 Å². The van der Waals surface area contributed by atoms with Crippen LogP contribution in [0, 0.1) is 0 Å². The lowest BCUT2D eigenvalue weighted by atomic mass is 9.77. The molecule has 4 nitrogen and oxygen atoms in total. The van der Waals surface area contributed by atoms with Crippen LogP contribution < -0.4 is 0 Å². The number of benzene rings is 1. The van der Waals surface area contributed by atoms with Gasteiger partial charge in [0.2, 0.25) is 5.91 Å². The Morgan fingerprint density at radius 3 is 2.32 bits per heavy atom. The lowest BCUT2D eigenvalue weighted by Crippen LogP contribution is -2.44. The van der Waals surface area contributed by atoms with Crippen LogP contribution in [0.4, 0.5) is 0 Å². The van der Waals surface area contributed by atoms with Crippen molar-refractivity contribution in [3.63, 3.8) is 0 Å². The molecule has 2 fully saturated rings. The zero-order chi connectivity index (χ0) is 18.2. The quantitative estimate of drug-likeness (QED) is 0.805. The van der Waals surface area contributed by atoms with E-state index in [1.165, 1.54) is 11.1 Å². The normalized spacial score (nSPS) is 25.8. The lowest BCUT2D eigenvalue weighted by Gasteiger charge is -2.39. The number of hydrogen-bond donors (Lipinski definition) is 2. The Balaban J connectivity index is 1.68. The highest BCUT2D eigenvalue weighted by Crippen LogP contribution is 2.53. The van der Waals surface area contributed by atoms with E-state index in [0.717, 1.165) is 19.3 Å². The van der Waals surface area contributed by atoms with Crippen molar-refractivity contribution in [1.82, 2.24) is 4.90 Å². The molecular weight excluding hydrogens is 334 g/mol. The largest absolute Gasteiger partial charge is 0.341 e. The number of nitrogens with zero attached hydrogens (tertiary/aromatic N) is 1. The van der Waals surface area contributed by atoms with Gasteiger partial charge in [0.25, 0.3) is 0 Å². The fraction of sp³-hybridized carbons (Fsp3) is 0.650. The van der Waals surface area contributed by atoms with Gasteiger partial charge in [0.05, 0.1) is 0 Å². The van der Waals surface area contributed by atoms with Crippen LogP contribution in [0.15, 0.2) is 24.3 Å². The van der Waals surface area contributed by atoms with E-state index < -0.39 is 15.8 Å². The van der Waals surface area contributed by atoms with Crippen molar-refractivity contribution in [2.45, 2.75) is 63.0 Å². The molecule has 1 aromatic rings. The summed E-state index contributed by atoms with van der Waals surface area (Å²) < 4.78 is 20.2. The molecule has 2 N–H and O–H groups in total. The van der Waals surface area contributed by atoms with Crippen molar-refractivity contribution in [2.75, 3.05) is 18.8 Å². The van der Waals surface area contributed by atoms with Crippen LogP contribution in [-0.4, -0.2) is 44.0 Å². The van der Waals surface area contributed by atoms with Gasteiger partial charge in [0.15, 0.2) is 0 Å². The van der Waals surface area contributed by atoms with Gasteiger partial charge in [-0.1, -0.05) is 45.0 Å². The summed E-state index contributed by atoms with van der Waals surface area (Å²) in [7, 11) is -2.72. The molecule has 0 bridgehead atoms. The average Bonchev–Trinajstić information content (AvgIpc) is 2.93. The van der Waals surface area contributed by atoms with Crippen LogP contribution in [-0.2, 0) is 10.2 Å².